The maximum absolute atomic E-state index is 13.6. The molecule has 2 heteroatoms. The minimum atomic E-state index is -1.12. The molecule has 1 fully saturated rings. The Morgan fingerprint density at radius 2 is 2.25 bits per heavy atom. The summed E-state index contributed by atoms with van der Waals surface area (Å²) in [4.78, 5) is 0. The summed E-state index contributed by atoms with van der Waals surface area (Å²) in [5.74, 6) is 0.614. The molecule has 1 atom stereocenters. The van der Waals surface area contributed by atoms with Gasteiger partial charge in [0.15, 0.2) is 0 Å². The molecule has 0 amide bonds. The van der Waals surface area contributed by atoms with Crippen molar-refractivity contribution in [2.24, 2.45) is 0 Å². The summed E-state index contributed by atoms with van der Waals surface area (Å²) in [6.45, 7) is 5.43. The smallest absolute Gasteiger partial charge is 0.109 e. The van der Waals surface area contributed by atoms with Crippen LogP contribution in [-0.2, 0) is 6.42 Å². The number of hydrogen-bond acceptors (Lipinski definition) is 1. The minimum absolute atomic E-state index is 0.501. The SMILES string of the molecule is CC(C)(F)Cc1cccc(C2CCNC2)c1. The Labute approximate surface area is 97.1 Å². The van der Waals surface area contributed by atoms with Gasteiger partial charge in [-0.15, -0.1) is 0 Å². The average Bonchev–Trinajstić information content (AvgIpc) is 2.68. The molecule has 2 rings (SSSR count). The van der Waals surface area contributed by atoms with Crippen LogP contribution in [0.5, 0.6) is 0 Å². The molecule has 1 N–H and O–H groups in total. The van der Waals surface area contributed by atoms with E-state index in [0.29, 0.717) is 12.3 Å². The van der Waals surface area contributed by atoms with Gasteiger partial charge in [0.1, 0.15) is 5.67 Å². The quantitative estimate of drug-likeness (QED) is 0.827. The van der Waals surface area contributed by atoms with E-state index in [0.717, 1.165) is 18.7 Å². The Bertz CT molecular complexity index is 348. The lowest BCUT2D eigenvalue weighted by atomic mass is 9.93. The normalized spacial score (nSPS) is 21.3. The van der Waals surface area contributed by atoms with Crippen LogP contribution in [0.4, 0.5) is 4.39 Å². The summed E-state index contributed by atoms with van der Waals surface area (Å²) in [6.07, 6.45) is 1.70. The number of rotatable bonds is 3. The molecule has 1 aromatic carbocycles. The molecule has 0 spiro atoms. The molecule has 0 aromatic heterocycles. The van der Waals surface area contributed by atoms with E-state index < -0.39 is 5.67 Å². The molecule has 88 valence electrons. The first-order chi connectivity index (χ1) is 7.54. The lowest BCUT2D eigenvalue weighted by Gasteiger charge is -2.16. The lowest BCUT2D eigenvalue weighted by Crippen LogP contribution is -2.16. The molecular formula is C14H20FN. The zero-order valence-electron chi connectivity index (χ0n) is 10.1. The highest BCUT2D eigenvalue weighted by Crippen LogP contribution is 2.25. The first kappa shape index (κ1) is 11.6. The van der Waals surface area contributed by atoms with Crippen molar-refractivity contribution in [2.45, 2.75) is 38.3 Å². The molecular weight excluding hydrogens is 201 g/mol. The van der Waals surface area contributed by atoms with E-state index in [1.165, 1.54) is 12.0 Å². The van der Waals surface area contributed by atoms with Gasteiger partial charge in [0.25, 0.3) is 0 Å². The summed E-state index contributed by atoms with van der Waals surface area (Å²) in [5.41, 5.74) is 1.34. The topological polar surface area (TPSA) is 12.0 Å². The van der Waals surface area contributed by atoms with Crippen LogP contribution in [-0.4, -0.2) is 18.8 Å². The molecule has 1 nitrogen and oxygen atoms in total. The van der Waals surface area contributed by atoms with Gasteiger partial charge in [-0.2, -0.15) is 0 Å². The summed E-state index contributed by atoms with van der Waals surface area (Å²) in [7, 11) is 0. The lowest BCUT2D eigenvalue weighted by molar-refractivity contribution is 0.217. The van der Waals surface area contributed by atoms with Gasteiger partial charge in [0.05, 0.1) is 0 Å². The first-order valence-corrected chi connectivity index (χ1v) is 6.03. The van der Waals surface area contributed by atoms with Crippen LogP contribution in [0.25, 0.3) is 0 Å². The van der Waals surface area contributed by atoms with Crippen LogP contribution in [0.1, 0.15) is 37.3 Å². The van der Waals surface area contributed by atoms with Gasteiger partial charge < -0.3 is 5.32 Å². The van der Waals surface area contributed by atoms with E-state index in [2.05, 4.69) is 23.5 Å². The van der Waals surface area contributed by atoms with Crippen LogP contribution in [0.15, 0.2) is 24.3 Å². The minimum Gasteiger partial charge on any atom is -0.316 e. The van der Waals surface area contributed by atoms with Gasteiger partial charge in [-0.1, -0.05) is 24.3 Å². The molecule has 1 aliphatic heterocycles. The Morgan fingerprint density at radius 1 is 1.44 bits per heavy atom. The number of nitrogens with one attached hydrogen (secondary N) is 1. The van der Waals surface area contributed by atoms with Crippen LogP contribution in [0, 0.1) is 0 Å². The average molecular weight is 221 g/mol. The van der Waals surface area contributed by atoms with E-state index >= 15 is 0 Å². The maximum Gasteiger partial charge on any atom is 0.109 e. The zero-order chi connectivity index (χ0) is 11.6. The molecule has 0 saturated carbocycles. The van der Waals surface area contributed by atoms with E-state index in [4.69, 9.17) is 0 Å². The number of hydrogen-bond donors (Lipinski definition) is 1. The highest BCUT2D eigenvalue weighted by Gasteiger charge is 2.19. The second-order valence-electron chi connectivity index (χ2n) is 5.33. The van der Waals surface area contributed by atoms with Crippen molar-refractivity contribution in [3.8, 4) is 0 Å². The van der Waals surface area contributed by atoms with E-state index in [1.807, 2.05) is 6.07 Å². The standard InChI is InChI=1S/C14H20FN/c1-14(2,15)9-11-4-3-5-12(8-11)13-6-7-16-10-13/h3-5,8,13,16H,6-7,9-10H2,1-2H3. The predicted octanol–water partition coefficient (Wildman–Crippen LogP) is 3.05. The molecule has 16 heavy (non-hydrogen) atoms. The summed E-state index contributed by atoms with van der Waals surface area (Å²) < 4.78 is 13.6. The second kappa shape index (κ2) is 4.54. The molecule has 0 bridgehead atoms. The number of benzene rings is 1. The third-order valence-electron chi connectivity index (χ3n) is 3.11. The molecule has 0 radical (unpaired) electrons. The van der Waals surface area contributed by atoms with Crippen molar-refractivity contribution in [3.05, 3.63) is 35.4 Å². The zero-order valence-corrected chi connectivity index (χ0v) is 10.1. The van der Waals surface area contributed by atoms with Crippen molar-refractivity contribution < 1.29 is 4.39 Å². The van der Waals surface area contributed by atoms with Crippen molar-refractivity contribution in [3.63, 3.8) is 0 Å². The van der Waals surface area contributed by atoms with Gasteiger partial charge >= 0.3 is 0 Å². The van der Waals surface area contributed by atoms with Gasteiger partial charge in [0, 0.05) is 13.0 Å². The summed E-state index contributed by atoms with van der Waals surface area (Å²) >= 11 is 0. The monoisotopic (exact) mass is 221 g/mol. The Morgan fingerprint density at radius 3 is 2.88 bits per heavy atom. The van der Waals surface area contributed by atoms with E-state index in [1.54, 1.807) is 13.8 Å². The largest absolute Gasteiger partial charge is 0.316 e. The molecule has 1 aromatic rings. The van der Waals surface area contributed by atoms with Gasteiger partial charge in [-0.25, -0.2) is 4.39 Å². The van der Waals surface area contributed by atoms with Crippen LogP contribution in [0.3, 0.4) is 0 Å². The van der Waals surface area contributed by atoms with E-state index in [-0.39, 0.29) is 0 Å². The van der Waals surface area contributed by atoms with E-state index in [9.17, 15) is 4.39 Å². The van der Waals surface area contributed by atoms with Gasteiger partial charge in [-0.05, 0) is 43.9 Å². The van der Waals surface area contributed by atoms with Gasteiger partial charge in [-0.3, -0.25) is 0 Å². The van der Waals surface area contributed by atoms with Crippen molar-refractivity contribution >= 4 is 0 Å². The summed E-state index contributed by atoms with van der Waals surface area (Å²) in [6, 6.07) is 8.40. The van der Waals surface area contributed by atoms with Crippen molar-refractivity contribution in [1.82, 2.24) is 5.32 Å². The third-order valence-corrected chi connectivity index (χ3v) is 3.11. The Balaban J connectivity index is 2.12. The molecule has 0 aliphatic carbocycles. The number of halogens is 1. The van der Waals surface area contributed by atoms with Gasteiger partial charge in [0.2, 0.25) is 0 Å². The first-order valence-electron chi connectivity index (χ1n) is 6.03. The molecule has 1 heterocycles. The fourth-order valence-corrected chi connectivity index (χ4v) is 2.38. The Hall–Kier alpha value is -0.890. The highest BCUT2D eigenvalue weighted by molar-refractivity contribution is 5.28. The fourth-order valence-electron chi connectivity index (χ4n) is 2.38. The van der Waals surface area contributed by atoms with Crippen LogP contribution >= 0.6 is 0 Å². The van der Waals surface area contributed by atoms with Crippen molar-refractivity contribution in [1.29, 1.82) is 0 Å². The predicted molar refractivity (Wildman–Crippen MR) is 65.6 cm³/mol. The second-order valence-corrected chi connectivity index (χ2v) is 5.33. The molecule has 1 aliphatic rings. The molecule has 1 unspecified atom stereocenters. The highest BCUT2D eigenvalue weighted by atomic mass is 19.1. The maximum atomic E-state index is 13.6. The Kier molecular flexibility index (Phi) is 3.29. The summed E-state index contributed by atoms with van der Waals surface area (Å²) in [5, 5.41) is 3.36. The number of alkyl halides is 1. The van der Waals surface area contributed by atoms with Crippen molar-refractivity contribution in [2.75, 3.05) is 13.1 Å². The fraction of sp³-hybridized carbons (Fsp3) is 0.571. The van der Waals surface area contributed by atoms with Crippen LogP contribution < -0.4 is 5.32 Å². The molecule has 1 saturated heterocycles. The third kappa shape index (κ3) is 3.05. The van der Waals surface area contributed by atoms with Crippen LogP contribution in [0.2, 0.25) is 0 Å².